The maximum absolute atomic E-state index is 14.2. The second kappa shape index (κ2) is 70.3. The summed E-state index contributed by atoms with van der Waals surface area (Å²) in [7, 11) is 9.76. The van der Waals surface area contributed by atoms with Crippen LogP contribution in [0.1, 0.15) is 54.8 Å². The summed E-state index contributed by atoms with van der Waals surface area (Å²) in [5.41, 5.74) is 20.8. The largest absolute Gasteiger partial charge is 1.00 e. The van der Waals surface area contributed by atoms with E-state index in [0.29, 0.717) is 93.2 Å². The second-order valence-corrected chi connectivity index (χ2v) is 43.6. The molecule has 18 rings (SSSR count). The number of nitrogens with zero attached hydrogens (tertiary/aromatic N) is 1. The van der Waals surface area contributed by atoms with E-state index in [1.807, 2.05) is 73.7 Å². The third-order valence-corrected chi connectivity index (χ3v) is 24.8. The number of alkyl halides is 2. The zero-order valence-electron chi connectivity index (χ0n) is 81.9. The average Bonchev–Trinajstić information content (AvgIpc) is 1.56. The van der Waals surface area contributed by atoms with E-state index in [0.717, 1.165) is 54.3 Å². The summed E-state index contributed by atoms with van der Waals surface area (Å²) in [6, 6.07) is 86.9. The monoisotopic (exact) mass is 2760 g/mol. The number of para-hydroxylation sites is 2. The Labute approximate surface area is 1040 Å². The molecule has 0 atom stereocenters. The van der Waals surface area contributed by atoms with Gasteiger partial charge in [0.15, 0.2) is 11.5 Å². The van der Waals surface area contributed by atoms with Gasteiger partial charge in [-0.25, -0.2) is 35.1 Å². The third-order valence-electron chi connectivity index (χ3n) is 21.3. The first-order valence-electron chi connectivity index (χ1n) is 43.0. The summed E-state index contributed by atoms with van der Waals surface area (Å²) in [4.78, 5) is 11.2. The zero-order chi connectivity index (χ0) is 108. The molecule has 39 heteroatoms. The number of ether oxygens (including phenoxy) is 4. The van der Waals surface area contributed by atoms with Crippen LogP contribution in [0.3, 0.4) is 0 Å². The molecular formula is C110H97B3Br8Cl2F8IK2NO13P. The summed E-state index contributed by atoms with van der Waals surface area (Å²) in [6.45, 7) is 7.24. The number of methoxy groups -OCH3 is 4. The van der Waals surface area contributed by atoms with E-state index < -0.39 is 30.3 Å². The smallest absolute Gasteiger partial charge is 1.00 e. The summed E-state index contributed by atoms with van der Waals surface area (Å²) in [6.07, 6.45) is 2.17. The Morgan fingerprint density at radius 1 is 0.416 bits per heavy atom. The minimum absolute atomic E-state index is 0. The number of halogens is 19. The molecule has 0 heterocycles. The van der Waals surface area contributed by atoms with Crippen molar-refractivity contribution in [2.24, 2.45) is 4.74 Å². The molecule has 14 nitrogen and oxygen atoms in total. The van der Waals surface area contributed by atoms with Crippen LogP contribution in [0.5, 0.6) is 40.2 Å². The second-order valence-electron chi connectivity index (χ2n) is 30.2. The molecule has 0 spiro atoms. The van der Waals surface area contributed by atoms with E-state index in [1.54, 1.807) is 160 Å². The SMILES string of the molecule is BrB(Br)Br.Brc1ccc2c(c1)-c1ccc3c(c1C2)Cc1ccccc1-3.C.CN=P.COc1c(-c2ccccc2F)ccc(-c2cc(Br)ccc2F)c1C.COc1c(-c2ccccc2F)ccc(O[B]O)c1C.COc1c(C)cccc1-c1ccccc1F.COc1c(C)cccc1B(O)O.ClCCl.Fc1ccc(Br)cc1I.Fc1ccccc1Br.O=CO[O-].Oc1c(-c2ccccc2F)ccc(-c2cc(Br)ccc2F)c1O.[2HH].[H-].[K+].[K+]. The summed E-state index contributed by atoms with van der Waals surface area (Å²) in [5, 5.41) is 55.7. The molecule has 0 bridgehead atoms. The van der Waals surface area contributed by atoms with E-state index in [2.05, 4.69) is 200 Å². The van der Waals surface area contributed by atoms with Crippen LogP contribution in [0.4, 0.5) is 35.1 Å². The van der Waals surface area contributed by atoms with Crippen LogP contribution < -0.4 is 137 Å². The zero-order valence-corrected chi connectivity index (χ0v) is 105. The van der Waals surface area contributed by atoms with E-state index in [9.17, 15) is 45.3 Å². The van der Waals surface area contributed by atoms with Crippen molar-refractivity contribution in [2.75, 3.05) is 40.8 Å². The summed E-state index contributed by atoms with van der Waals surface area (Å²) >= 11 is 37.2. The Bertz CT molecular complexity index is 7080. The van der Waals surface area contributed by atoms with Crippen LogP contribution in [0.25, 0.3) is 89.0 Å². The molecule has 0 saturated carbocycles. The van der Waals surface area contributed by atoms with E-state index in [-0.39, 0.29) is 185 Å². The van der Waals surface area contributed by atoms with Gasteiger partial charge in [-0.2, -0.15) is 0 Å². The number of aromatic hydroxyl groups is 2. The maximum Gasteiger partial charge on any atom is 1.00 e. The molecule has 16 aromatic carbocycles. The van der Waals surface area contributed by atoms with Crippen molar-refractivity contribution in [1.82, 2.24) is 0 Å². The van der Waals surface area contributed by atoms with Crippen molar-refractivity contribution in [2.45, 2.75) is 48.0 Å². The molecule has 0 unspecified atom stereocenters. The fraction of sp³-hybridized carbons (Fsp3) is 0.118. The number of aryl methyl sites for hydroxylation is 2. The Morgan fingerprint density at radius 2 is 0.725 bits per heavy atom. The Morgan fingerprint density at radius 3 is 1.12 bits per heavy atom. The number of hydrogen-bond donors (Lipinski definition) is 5. The number of carbonyl (C=O) groups is 1. The summed E-state index contributed by atoms with van der Waals surface area (Å²) in [5.74, 6) is -0.848. The van der Waals surface area contributed by atoms with Crippen molar-refractivity contribution in [3.8, 4) is 129 Å². The van der Waals surface area contributed by atoms with Crippen LogP contribution in [0, 0.1) is 77.8 Å². The van der Waals surface area contributed by atoms with E-state index in [4.69, 9.17) is 71.9 Å². The molecule has 0 saturated heterocycles. The Balaban J connectivity index is 0.000000579. The number of hydrogen-bond acceptors (Lipinski definition) is 14. The number of benzene rings is 16. The van der Waals surface area contributed by atoms with Crippen molar-refractivity contribution < 1.29 is 205 Å². The Kier molecular flexibility index (Phi) is 63.6. The first-order chi connectivity index (χ1) is 69.9. The number of fused-ring (bicyclic) bond motifs is 7. The maximum atomic E-state index is 14.2. The van der Waals surface area contributed by atoms with E-state index >= 15 is 0 Å². The van der Waals surface area contributed by atoms with Gasteiger partial charge in [0.25, 0.3) is 6.47 Å². The van der Waals surface area contributed by atoms with Gasteiger partial charge in [0, 0.05) is 102 Å². The van der Waals surface area contributed by atoms with Gasteiger partial charge in [-0.3, -0.25) is 9.54 Å². The number of phenolic OH excluding ortho intramolecular Hbond substituents is 2. The predicted octanol–water partition coefficient (Wildman–Crippen LogP) is 27.4. The quantitative estimate of drug-likeness (QED) is 0.00657. The molecule has 0 amide bonds. The fourth-order valence-electron chi connectivity index (χ4n) is 15.0. The minimum atomic E-state index is -1.47. The van der Waals surface area contributed by atoms with Crippen molar-refractivity contribution in [3.63, 3.8) is 0 Å². The molecule has 769 valence electrons. The van der Waals surface area contributed by atoms with Gasteiger partial charge < -0.3 is 60.5 Å². The number of phenols is 2. The predicted molar refractivity (Wildman–Crippen MR) is 621 cm³/mol. The van der Waals surface area contributed by atoms with Gasteiger partial charge >= 0.3 is 121 Å². The number of carbonyl (C=O) groups excluding carboxylic acids is 1. The molecule has 0 fully saturated rings. The molecular weight excluding hydrogens is 2670 g/mol. The molecule has 149 heavy (non-hydrogen) atoms. The van der Waals surface area contributed by atoms with Gasteiger partial charge in [-0.05, 0) is 288 Å². The first kappa shape index (κ1) is 135. The fourth-order valence-corrected chi connectivity index (χ4v) is 17.7. The molecule has 2 aliphatic rings. The summed E-state index contributed by atoms with van der Waals surface area (Å²) < 4.78 is 143. The molecule has 5 N–H and O–H groups in total. The van der Waals surface area contributed by atoms with Crippen LogP contribution in [0.2, 0.25) is 0 Å². The minimum Gasteiger partial charge on any atom is -1.00 e. The van der Waals surface area contributed by atoms with Crippen molar-refractivity contribution in [3.05, 3.63) is 420 Å². The van der Waals surface area contributed by atoms with Crippen molar-refractivity contribution in [1.29, 1.82) is 0 Å². The topological polar surface area (TPSA) is 209 Å². The molecule has 2 aliphatic carbocycles. The van der Waals surface area contributed by atoms with Crippen LogP contribution in [-0.2, 0) is 22.5 Å². The standard InChI is InChI=1S/C20H15BrF2O.C20H13Br.C18H11BrF2O2.C14H13BFO3.C14H13FO.C8H11BO3.C6H3BrFI.C6H4BrF.CH2Cl2.CH4NP.CH2O3.CH4.BBr3.2K.H2.H/c1-12-14(17-11-13(21)7-10-19(17)23)8-9-16(20(12)24-2)15-5-3-4-6-18(15)22;21-14-6-5-13-10-20-17(18(13)11-14)8-7-16-15-4-2-1-3-12(15)9-19(16)20;19-10-5-8-16(21)14(9-10)13-7-6-12(17(22)18(13)23)11-3-1-2-4-15(11)20;1-9-13(19-15-17)8-7-11(14(9)18-2)10-5-3-4-6-12(10)16;1-10-6-5-8-12(14(10)16-2)11-7-3-4-9-13(11)15;1-6-4-3-5-7(9(10)11)8(6)12-2;7-4-1-2-5(8)6(9)3-4;7-5-3-1-2-4-6(5)8;2-1-3;1-2-3;2-1-4-3;;2-1(3)4;;;;/h3-11H,1-2H3;1-8,11H,9-10H2;1-9,22-23H;3-8,17H,1-2H3;3-9H,1-2H3;3-5,10-11H,1-2H3;1-3H;1-4H;1H2;3H,1H3;1,3H;1H4;;;;1H;/q;;;;;;;;;;;;;2*+1;;-1/p-1/i;;;;;;;;;;;;;;;1+1;. The first-order valence-corrected chi connectivity index (χ1v) is 52.3. The Hall–Kier alpha value is -6.41. The third kappa shape index (κ3) is 39.7. The van der Waals surface area contributed by atoms with Crippen molar-refractivity contribution >= 4 is 212 Å². The number of rotatable bonds is 14. The van der Waals surface area contributed by atoms with Crippen LogP contribution in [-0.4, -0.2) is 90.6 Å². The van der Waals surface area contributed by atoms with Crippen LogP contribution >= 0.6 is 182 Å². The molecule has 0 aromatic heterocycles. The van der Waals surface area contributed by atoms with Crippen LogP contribution in [0.15, 0.2) is 330 Å². The molecule has 1 radical (unpaired) electrons. The average molecular weight is 2770 g/mol. The molecule has 16 aromatic rings. The van der Waals surface area contributed by atoms with Gasteiger partial charge in [0.2, 0.25) is 0 Å². The van der Waals surface area contributed by atoms with Gasteiger partial charge in [0.1, 0.15) is 75.3 Å². The van der Waals surface area contributed by atoms with Gasteiger partial charge in [-0.15, -0.1) is 70.5 Å². The normalized spacial score (nSPS) is 10.1. The van der Waals surface area contributed by atoms with Gasteiger partial charge in [-0.1, -0.05) is 241 Å². The molecule has 0 aliphatic heterocycles. The van der Waals surface area contributed by atoms with Gasteiger partial charge in [0.05, 0.1) is 38.3 Å². The van der Waals surface area contributed by atoms with E-state index in [1.165, 1.54) is 145 Å².